The van der Waals surface area contributed by atoms with E-state index in [1.807, 2.05) is 18.4 Å². The summed E-state index contributed by atoms with van der Waals surface area (Å²) in [5.74, 6) is 0.934. The minimum Gasteiger partial charge on any atom is -0.356 e. The number of nitrogens with one attached hydrogen (secondary N) is 2. The molecule has 4 nitrogen and oxygen atoms in total. The van der Waals surface area contributed by atoms with Crippen molar-refractivity contribution in [2.45, 2.75) is 51.5 Å². The topological polar surface area (TPSA) is 39.7 Å². The van der Waals surface area contributed by atoms with Gasteiger partial charge in [0.1, 0.15) is 0 Å². The molecule has 138 valence electrons. The van der Waals surface area contributed by atoms with E-state index in [0.29, 0.717) is 6.04 Å². The molecule has 0 spiro atoms. The summed E-state index contributed by atoms with van der Waals surface area (Å²) < 4.78 is 0. The number of likely N-dealkylation sites (tertiary alicyclic amines) is 1. The molecule has 1 aliphatic heterocycles. The van der Waals surface area contributed by atoms with Crippen molar-refractivity contribution in [2.75, 3.05) is 33.2 Å². The summed E-state index contributed by atoms with van der Waals surface area (Å²) >= 11 is 1.82. The molecule has 6 heteroatoms. The first-order valence-corrected chi connectivity index (χ1v) is 9.66. The van der Waals surface area contributed by atoms with E-state index in [1.54, 1.807) is 0 Å². The van der Waals surface area contributed by atoms with Gasteiger partial charge in [0.25, 0.3) is 0 Å². The van der Waals surface area contributed by atoms with E-state index >= 15 is 0 Å². The molecule has 0 aliphatic carbocycles. The van der Waals surface area contributed by atoms with Gasteiger partial charge in [-0.25, -0.2) is 0 Å². The fraction of sp³-hybridized carbons (Fsp3) is 0.722. The Hall–Kier alpha value is -0.340. The van der Waals surface area contributed by atoms with Gasteiger partial charge in [0.05, 0.1) is 0 Å². The third-order valence-electron chi connectivity index (χ3n) is 4.58. The number of halogens is 1. The van der Waals surface area contributed by atoms with E-state index in [2.05, 4.69) is 58.8 Å². The Morgan fingerprint density at radius 3 is 2.62 bits per heavy atom. The average Bonchev–Trinajstić information content (AvgIpc) is 3.09. The van der Waals surface area contributed by atoms with Crippen LogP contribution in [0.2, 0.25) is 0 Å². The lowest BCUT2D eigenvalue weighted by Crippen LogP contribution is -2.50. The number of guanidine groups is 1. The maximum absolute atomic E-state index is 4.41. The van der Waals surface area contributed by atoms with Gasteiger partial charge in [-0.1, -0.05) is 26.8 Å². The molecule has 0 radical (unpaired) electrons. The van der Waals surface area contributed by atoms with Crippen LogP contribution in [0, 0.1) is 0 Å². The van der Waals surface area contributed by atoms with Crippen LogP contribution in [0.25, 0.3) is 0 Å². The molecule has 1 aliphatic rings. The minimum absolute atomic E-state index is 0. The van der Waals surface area contributed by atoms with Crippen LogP contribution < -0.4 is 10.6 Å². The molecular weight excluding hydrogens is 431 g/mol. The molecule has 1 aromatic heterocycles. The standard InChI is InChI=1S/C18H32N4S.HI/c1-5-10-22-11-8-15(9-12-22)21-17(19-4)20-14-18(2,3)16-7-6-13-23-16;/h6-7,13,15H,5,8-12,14H2,1-4H3,(H2,19,20,21);1H. The Balaban J connectivity index is 0.00000288. The van der Waals surface area contributed by atoms with Gasteiger partial charge in [-0.05, 0) is 37.3 Å². The summed E-state index contributed by atoms with van der Waals surface area (Å²) in [5.41, 5.74) is 0.121. The number of hydrogen-bond acceptors (Lipinski definition) is 3. The lowest BCUT2D eigenvalue weighted by molar-refractivity contribution is 0.206. The highest BCUT2D eigenvalue weighted by Gasteiger charge is 2.23. The van der Waals surface area contributed by atoms with Crippen molar-refractivity contribution in [1.82, 2.24) is 15.5 Å². The zero-order valence-corrected chi connectivity index (χ0v) is 18.6. The molecular formula is C18H33IN4S. The van der Waals surface area contributed by atoms with Crippen LogP contribution in [0.5, 0.6) is 0 Å². The fourth-order valence-corrected chi connectivity index (χ4v) is 3.91. The van der Waals surface area contributed by atoms with Gasteiger partial charge < -0.3 is 15.5 Å². The molecule has 0 saturated carbocycles. The number of thiophene rings is 1. The molecule has 2 heterocycles. The molecule has 2 N–H and O–H groups in total. The van der Waals surface area contributed by atoms with Crippen LogP contribution in [0.3, 0.4) is 0 Å². The summed E-state index contributed by atoms with van der Waals surface area (Å²) in [7, 11) is 1.86. The number of hydrogen-bond donors (Lipinski definition) is 2. The second kappa shape index (κ2) is 10.6. The smallest absolute Gasteiger partial charge is 0.191 e. The second-order valence-electron chi connectivity index (χ2n) is 7.05. The fourth-order valence-electron chi connectivity index (χ4n) is 3.06. The van der Waals surface area contributed by atoms with Crippen LogP contribution in [0.1, 0.15) is 44.9 Å². The molecule has 0 atom stereocenters. The largest absolute Gasteiger partial charge is 0.356 e. The Morgan fingerprint density at radius 1 is 1.38 bits per heavy atom. The first kappa shape index (κ1) is 21.7. The molecule has 2 rings (SSSR count). The van der Waals surface area contributed by atoms with Gasteiger partial charge in [-0.3, -0.25) is 4.99 Å². The van der Waals surface area contributed by atoms with E-state index in [4.69, 9.17) is 0 Å². The van der Waals surface area contributed by atoms with Crippen molar-refractivity contribution in [3.8, 4) is 0 Å². The van der Waals surface area contributed by atoms with E-state index in [0.717, 1.165) is 12.5 Å². The van der Waals surface area contributed by atoms with Crippen molar-refractivity contribution in [2.24, 2.45) is 4.99 Å². The molecule has 24 heavy (non-hydrogen) atoms. The average molecular weight is 464 g/mol. The molecule has 1 fully saturated rings. The van der Waals surface area contributed by atoms with Crippen LogP contribution in [-0.4, -0.2) is 50.1 Å². The van der Waals surface area contributed by atoms with E-state index in [1.165, 1.54) is 43.8 Å². The summed E-state index contributed by atoms with van der Waals surface area (Å²) in [6.45, 7) is 11.3. The number of rotatable bonds is 6. The first-order valence-electron chi connectivity index (χ1n) is 8.78. The van der Waals surface area contributed by atoms with Crippen LogP contribution in [-0.2, 0) is 5.41 Å². The monoisotopic (exact) mass is 464 g/mol. The molecule has 0 bridgehead atoms. The zero-order valence-electron chi connectivity index (χ0n) is 15.5. The van der Waals surface area contributed by atoms with Crippen LogP contribution in [0.4, 0.5) is 0 Å². The van der Waals surface area contributed by atoms with Gasteiger partial charge in [0.15, 0.2) is 5.96 Å². The van der Waals surface area contributed by atoms with Gasteiger partial charge >= 0.3 is 0 Å². The van der Waals surface area contributed by atoms with E-state index in [9.17, 15) is 0 Å². The van der Waals surface area contributed by atoms with Gasteiger partial charge in [0, 0.05) is 43.0 Å². The van der Waals surface area contributed by atoms with Crippen molar-refractivity contribution >= 4 is 41.3 Å². The lowest BCUT2D eigenvalue weighted by atomic mass is 9.91. The molecule has 1 saturated heterocycles. The van der Waals surface area contributed by atoms with Gasteiger partial charge in [0.2, 0.25) is 0 Å². The highest BCUT2D eigenvalue weighted by atomic mass is 127. The Labute approximate surface area is 168 Å². The SMILES string of the molecule is CCCN1CCC(NC(=NC)NCC(C)(C)c2cccs2)CC1.I. The summed E-state index contributed by atoms with van der Waals surface area (Å²) in [5, 5.41) is 9.26. The normalized spacial score (nSPS) is 17.4. The Morgan fingerprint density at radius 2 is 2.08 bits per heavy atom. The minimum atomic E-state index is 0. The van der Waals surface area contributed by atoms with Crippen LogP contribution in [0.15, 0.2) is 22.5 Å². The first-order chi connectivity index (χ1) is 11.0. The number of aliphatic imine (C=N–C) groups is 1. The molecule has 0 amide bonds. The van der Waals surface area contributed by atoms with Gasteiger partial charge in [-0.15, -0.1) is 35.3 Å². The second-order valence-corrected chi connectivity index (χ2v) is 7.99. The van der Waals surface area contributed by atoms with E-state index in [-0.39, 0.29) is 29.4 Å². The third kappa shape index (κ3) is 6.52. The van der Waals surface area contributed by atoms with Gasteiger partial charge in [-0.2, -0.15) is 0 Å². The quantitative estimate of drug-likeness (QED) is 0.383. The molecule has 1 aromatic rings. The highest BCUT2D eigenvalue weighted by molar-refractivity contribution is 14.0. The summed E-state index contributed by atoms with van der Waals surface area (Å²) in [6.07, 6.45) is 3.66. The molecule has 0 aromatic carbocycles. The van der Waals surface area contributed by atoms with Crippen molar-refractivity contribution < 1.29 is 0 Å². The third-order valence-corrected chi connectivity index (χ3v) is 5.81. The lowest BCUT2D eigenvalue weighted by Gasteiger charge is -2.33. The number of nitrogens with zero attached hydrogens (tertiary/aromatic N) is 2. The zero-order chi connectivity index (χ0) is 16.7. The summed E-state index contributed by atoms with van der Waals surface area (Å²) in [4.78, 5) is 8.38. The summed E-state index contributed by atoms with van der Waals surface area (Å²) in [6, 6.07) is 4.88. The Bertz CT molecular complexity index is 479. The maximum Gasteiger partial charge on any atom is 0.191 e. The van der Waals surface area contributed by atoms with Crippen molar-refractivity contribution in [3.05, 3.63) is 22.4 Å². The van der Waals surface area contributed by atoms with Crippen molar-refractivity contribution in [1.29, 1.82) is 0 Å². The maximum atomic E-state index is 4.41. The molecule has 0 unspecified atom stereocenters. The highest BCUT2D eigenvalue weighted by Crippen LogP contribution is 2.26. The number of piperidine rings is 1. The van der Waals surface area contributed by atoms with E-state index < -0.39 is 0 Å². The Kier molecular flexibility index (Phi) is 9.59. The predicted molar refractivity (Wildman–Crippen MR) is 117 cm³/mol. The van der Waals surface area contributed by atoms with Crippen molar-refractivity contribution in [3.63, 3.8) is 0 Å². The predicted octanol–water partition coefficient (Wildman–Crippen LogP) is 3.68. The van der Waals surface area contributed by atoms with Crippen LogP contribution >= 0.6 is 35.3 Å².